The number of anilines is 2. The van der Waals surface area contributed by atoms with Crippen molar-refractivity contribution in [1.29, 1.82) is 0 Å². The summed E-state index contributed by atoms with van der Waals surface area (Å²) in [6.45, 7) is 3.61. The molecule has 0 unspecified atom stereocenters. The monoisotopic (exact) mass is 392 g/mol. The van der Waals surface area contributed by atoms with Gasteiger partial charge in [0.1, 0.15) is 6.17 Å². The van der Waals surface area contributed by atoms with Crippen LogP contribution in [0.25, 0.3) is 0 Å². The van der Waals surface area contributed by atoms with Gasteiger partial charge in [-0.2, -0.15) is 0 Å². The van der Waals surface area contributed by atoms with E-state index in [2.05, 4.69) is 17.1 Å². The minimum atomic E-state index is -0.515. The number of nitrogens with zero attached hydrogens (tertiary/aromatic N) is 2. The van der Waals surface area contributed by atoms with Gasteiger partial charge in [0.15, 0.2) is 0 Å². The molecule has 2 heterocycles. The second-order valence-corrected chi connectivity index (χ2v) is 7.39. The van der Waals surface area contributed by atoms with Crippen LogP contribution in [0.2, 0.25) is 0 Å². The first-order chi connectivity index (χ1) is 14.0. The molecular formula is C22H24N4O3. The number of rotatable bonds is 4. The zero-order valence-corrected chi connectivity index (χ0v) is 16.4. The first-order valence-electron chi connectivity index (χ1n) is 9.92. The Kier molecular flexibility index (Phi) is 4.96. The molecule has 1 fully saturated rings. The lowest BCUT2D eigenvalue weighted by molar-refractivity contribution is 0.0582. The summed E-state index contributed by atoms with van der Waals surface area (Å²) in [5, 5.41) is 2.83. The van der Waals surface area contributed by atoms with E-state index in [1.165, 1.54) is 0 Å². The van der Waals surface area contributed by atoms with Crippen LogP contribution in [0.5, 0.6) is 0 Å². The molecule has 7 heteroatoms. The number of carbonyl (C=O) groups excluding carboxylic acids is 3. The van der Waals surface area contributed by atoms with E-state index in [0.29, 0.717) is 22.4 Å². The molecule has 0 radical (unpaired) electrons. The second kappa shape index (κ2) is 7.58. The van der Waals surface area contributed by atoms with Crippen molar-refractivity contribution in [1.82, 2.24) is 4.90 Å². The van der Waals surface area contributed by atoms with Gasteiger partial charge >= 0.3 is 0 Å². The molecule has 0 aliphatic carbocycles. The third kappa shape index (κ3) is 3.44. The van der Waals surface area contributed by atoms with Crippen molar-refractivity contribution in [3.63, 3.8) is 0 Å². The molecule has 0 bridgehead atoms. The molecule has 2 aromatic carbocycles. The highest BCUT2D eigenvalue weighted by atomic mass is 16.2. The van der Waals surface area contributed by atoms with Crippen molar-refractivity contribution >= 4 is 29.1 Å². The Morgan fingerprint density at radius 1 is 1.10 bits per heavy atom. The Labute approximate surface area is 169 Å². The number of carbonyl (C=O) groups is 3. The van der Waals surface area contributed by atoms with E-state index < -0.39 is 5.91 Å². The van der Waals surface area contributed by atoms with Crippen molar-refractivity contribution in [3.8, 4) is 0 Å². The first kappa shape index (κ1) is 19.0. The van der Waals surface area contributed by atoms with Gasteiger partial charge in [0.05, 0.1) is 11.3 Å². The summed E-state index contributed by atoms with van der Waals surface area (Å²) in [5.74, 6) is -0.740. The van der Waals surface area contributed by atoms with Gasteiger partial charge in [-0.3, -0.25) is 14.4 Å². The minimum Gasteiger partial charge on any atom is -0.366 e. The molecule has 4 rings (SSSR count). The number of primary amides is 1. The van der Waals surface area contributed by atoms with E-state index in [1.807, 2.05) is 4.90 Å². The maximum absolute atomic E-state index is 12.9. The predicted molar refractivity (Wildman–Crippen MR) is 111 cm³/mol. The van der Waals surface area contributed by atoms with Crippen LogP contribution in [0.4, 0.5) is 11.4 Å². The summed E-state index contributed by atoms with van der Waals surface area (Å²) in [6.07, 6.45) is 3.14. The normalized spacial score (nSPS) is 18.1. The molecule has 2 aliphatic rings. The summed E-state index contributed by atoms with van der Waals surface area (Å²) in [4.78, 5) is 41.0. The fraction of sp³-hybridized carbons (Fsp3) is 0.318. The molecule has 1 saturated heterocycles. The van der Waals surface area contributed by atoms with Gasteiger partial charge in [-0.15, -0.1) is 0 Å². The lowest BCUT2D eigenvalue weighted by Gasteiger charge is -2.47. The highest BCUT2D eigenvalue weighted by molar-refractivity contribution is 6.08. The molecule has 2 aromatic rings. The van der Waals surface area contributed by atoms with Crippen LogP contribution >= 0.6 is 0 Å². The zero-order chi connectivity index (χ0) is 20.5. The Hall–Kier alpha value is -3.35. The minimum absolute atomic E-state index is 0.0448. The third-order valence-electron chi connectivity index (χ3n) is 5.66. The maximum atomic E-state index is 12.9. The van der Waals surface area contributed by atoms with E-state index in [0.717, 1.165) is 38.0 Å². The quantitative estimate of drug-likeness (QED) is 0.836. The molecular weight excluding hydrogens is 368 g/mol. The fourth-order valence-corrected chi connectivity index (χ4v) is 4.18. The first-order valence-corrected chi connectivity index (χ1v) is 9.92. The number of nitrogens with one attached hydrogen (secondary N) is 1. The van der Waals surface area contributed by atoms with Crippen LogP contribution in [-0.4, -0.2) is 41.9 Å². The summed E-state index contributed by atoms with van der Waals surface area (Å²) in [7, 11) is 0. The van der Waals surface area contributed by atoms with E-state index >= 15 is 0 Å². The Balaban J connectivity index is 1.61. The average molecular weight is 392 g/mol. The molecule has 2 aliphatic heterocycles. The summed E-state index contributed by atoms with van der Waals surface area (Å²) >= 11 is 0. The topological polar surface area (TPSA) is 95.7 Å². The maximum Gasteiger partial charge on any atom is 0.257 e. The highest BCUT2D eigenvalue weighted by Crippen LogP contribution is 2.35. The molecule has 0 saturated carbocycles. The van der Waals surface area contributed by atoms with Gasteiger partial charge in [-0.05, 0) is 68.7 Å². The summed E-state index contributed by atoms with van der Waals surface area (Å²) in [6, 6.07) is 11.6. The Bertz CT molecular complexity index is 971. The number of amides is 3. The molecule has 29 heavy (non-hydrogen) atoms. The number of nitrogens with two attached hydrogens (primary N) is 1. The summed E-state index contributed by atoms with van der Waals surface area (Å²) < 4.78 is 0. The fourth-order valence-electron chi connectivity index (χ4n) is 4.18. The van der Waals surface area contributed by atoms with Crippen molar-refractivity contribution in [2.45, 2.75) is 32.4 Å². The number of piperidine rings is 1. The summed E-state index contributed by atoms with van der Waals surface area (Å²) in [5.41, 5.74) is 8.14. The van der Waals surface area contributed by atoms with Gasteiger partial charge in [0.2, 0.25) is 5.91 Å². The highest BCUT2D eigenvalue weighted by Gasteiger charge is 2.38. The standard InChI is InChI=1S/C22H24N4O3/c1-2-25-18-13-15(21(28)24-16-9-6-14(7-10-16)20(23)27)8-11-17(18)22(29)26-12-4-3-5-19(25)26/h6-11,13,19H,2-5,12H2,1H3,(H2,23,27)(H,24,28)/t19-/m0/s1. The van der Waals surface area contributed by atoms with Gasteiger partial charge in [-0.25, -0.2) is 0 Å². The van der Waals surface area contributed by atoms with E-state index in [4.69, 9.17) is 5.73 Å². The van der Waals surface area contributed by atoms with Crippen LogP contribution in [0.15, 0.2) is 42.5 Å². The van der Waals surface area contributed by atoms with Crippen LogP contribution in [0.3, 0.4) is 0 Å². The lowest BCUT2D eigenvalue weighted by atomic mass is 9.97. The number of hydrogen-bond acceptors (Lipinski definition) is 4. The smallest absolute Gasteiger partial charge is 0.257 e. The number of hydrogen-bond donors (Lipinski definition) is 2. The number of fused-ring (bicyclic) bond motifs is 2. The van der Waals surface area contributed by atoms with E-state index in [9.17, 15) is 14.4 Å². The van der Waals surface area contributed by atoms with Crippen molar-refractivity contribution in [3.05, 3.63) is 59.2 Å². The Morgan fingerprint density at radius 3 is 2.52 bits per heavy atom. The second-order valence-electron chi connectivity index (χ2n) is 7.39. The van der Waals surface area contributed by atoms with E-state index in [-0.39, 0.29) is 18.0 Å². The van der Waals surface area contributed by atoms with Crippen LogP contribution in [0.1, 0.15) is 57.3 Å². The van der Waals surface area contributed by atoms with Gasteiger partial charge in [-0.1, -0.05) is 0 Å². The van der Waals surface area contributed by atoms with Crippen molar-refractivity contribution < 1.29 is 14.4 Å². The van der Waals surface area contributed by atoms with Crippen LogP contribution < -0.4 is 16.0 Å². The predicted octanol–water partition coefficient (Wildman–Crippen LogP) is 2.83. The van der Waals surface area contributed by atoms with Crippen LogP contribution in [0, 0.1) is 0 Å². The third-order valence-corrected chi connectivity index (χ3v) is 5.66. The molecule has 7 nitrogen and oxygen atoms in total. The Morgan fingerprint density at radius 2 is 1.83 bits per heavy atom. The van der Waals surface area contributed by atoms with Crippen LogP contribution in [-0.2, 0) is 0 Å². The van der Waals surface area contributed by atoms with E-state index in [1.54, 1.807) is 42.5 Å². The van der Waals surface area contributed by atoms with Gasteiger partial charge in [0.25, 0.3) is 11.8 Å². The SMILES string of the molecule is CCN1c2cc(C(=O)Nc3ccc(C(N)=O)cc3)ccc2C(=O)N2CCCC[C@H]21. The molecule has 0 spiro atoms. The van der Waals surface area contributed by atoms with Crippen molar-refractivity contribution in [2.24, 2.45) is 5.73 Å². The van der Waals surface area contributed by atoms with Gasteiger partial charge < -0.3 is 20.9 Å². The average Bonchev–Trinajstić information content (AvgIpc) is 2.74. The van der Waals surface area contributed by atoms with Crippen molar-refractivity contribution in [2.75, 3.05) is 23.3 Å². The zero-order valence-electron chi connectivity index (χ0n) is 16.4. The van der Waals surface area contributed by atoms with Gasteiger partial charge in [0, 0.05) is 29.9 Å². The molecule has 150 valence electrons. The lowest BCUT2D eigenvalue weighted by Crippen LogP contribution is -2.57. The largest absolute Gasteiger partial charge is 0.366 e. The molecule has 3 amide bonds. The molecule has 3 N–H and O–H groups in total. The molecule has 0 aromatic heterocycles. The number of benzene rings is 2. The molecule has 1 atom stereocenters.